The van der Waals surface area contributed by atoms with Gasteiger partial charge in [-0.3, -0.25) is 10.1 Å². The van der Waals surface area contributed by atoms with Gasteiger partial charge >= 0.3 is 0 Å². The molecular formula is C25H18Cl2N2O4S. The van der Waals surface area contributed by atoms with Crippen LogP contribution in [-0.2, 0) is 11.4 Å². The Morgan fingerprint density at radius 3 is 2.47 bits per heavy atom. The van der Waals surface area contributed by atoms with Crippen molar-refractivity contribution in [2.75, 3.05) is 5.32 Å². The second kappa shape index (κ2) is 10.7. The molecule has 4 rings (SSSR count). The van der Waals surface area contributed by atoms with E-state index < -0.39 is 5.91 Å². The Morgan fingerprint density at radius 1 is 0.971 bits per heavy atom. The highest BCUT2D eigenvalue weighted by Crippen LogP contribution is 2.34. The van der Waals surface area contributed by atoms with Gasteiger partial charge in [-0.2, -0.15) is 0 Å². The zero-order chi connectivity index (χ0) is 24.1. The van der Waals surface area contributed by atoms with Crippen LogP contribution in [0.4, 0.5) is 5.69 Å². The lowest BCUT2D eigenvalue weighted by atomic mass is 10.1. The topological polar surface area (TPSA) is 87.6 Å². The van der Waals surface area contributed by atoms with Crippen molar-refractivity contribution >= 4 is 58.2 Å². The van der Waals surface area contributed by atoms with Crippen LogP contribution < -0.4 is 10.6 Å². The molecular weight excluding hydrogens is 495 g/mol. The summed E-state index contributed by atoms with van der Waals surface area (Å²) in [5.41, 5.74) is 2.21. The molecule has 3 N–H and O–H groups in total. The normalized spacial score (nSPS) is 11.0. The van der Waals surface area contributed by atoms with Gasteiger partial charge in [-0.25, -0.2) is 0 Å². The van der Waals surface area contributed by atoms with Crippen LogP contribution in [-0.4, -0.2) is 16.1 Å². The lowest BCUT2D eigenvalue weighted by Gasteiger charge is -2.08. The number of hydrogen-bond donors (Lipinski definition) is 3. The molecule has 6 nitrogen and oxygen atoms in total. The predicted octanol–water partition coefficient (Wildman–Crippen LogP) is 6.53. The van der Waals surface area contributed by atoms with Gasteiger partial charge in [0.25, 0.3) is 0 Å². The number of amides is 1. The number of carbonyl (C=O) groups excluding carboxylic acids is 1. The Labute approximate surface area is 210 Å². The number of hydrogen-bond acceptors (Lipinski definition) is 5. The van der Waals surface area contributed by atoms with Crippen molar-refractivity contribution in [3.8, 4) is 22.6 Å². The molecule has 0 aliphatic carbocycles. The van der Waals surface area contributed by atoms with E-state index in [1.807, 2.05) is 12.1 Å². The Kier molecular flexibility index (Phi) is 7.49. The van der Waals surface area contributed by atoms with Crippen LogP contribution in [0, 0.1) is 0 Å². The number of benzene rings is 2. The van der Waals surface area contributed by atoms with Crippen molar-refractivity contribution in [1.82, 2.24) is 5.32 Å². The van der Waals surface area contributed by atoms with Crippen LogP contribution in [0.2, 0.25) is 10.0 Å². The molecule has 2 aromatic heterocycles. The number of furan rings is 2. The number of aliphatic hydroxyl groups is 1. The molecule has 34 heavy (non-hydrogen) atoms. The van der Waals surface area contributed by atoms with Crippen molar-refractivity contribution in [1.29, 1.82) is 0 Å². The third-order valence-corrected chi connectivity index (χ3v) is 5.75. The first-order valence-electron chi connectivity index (χ1n) is 10.1. The lowest BCUT2D eigenvalue weighted by Crippen LogP contribution is -2.32. The minimum absolute atomic E-state index is 0.147. The van der Waals surface area contributed by atoms with E-state index in [1.165, 1.54) is 12.2 Å². The molecule has 0 aliphatic rings. The minimum atomic E-state index is -0.417. The number of halogens is 2. The van der Waals surface area contributed by atoms with Crippen molar-refractivity contribution < 1.29 is 18.7 Å². The summed E-state index contributed by atoms with van der Waals surface area (Å²) in [7, 11) is 0. The molecule has 172 valence electrons. The Morgan fingerprint density at radius 2 is 1.74 bits per heavy atom. The first-order chi connectivity index (χ1) is 16.4. The van der Waals surface area contributed by atoms with Gasteiger partial charge in [0.15, 0.2) is 5.11 Å². The standard InChI is InChI=1S/C25H18Cl2N2O4S/c26-20-3-1-2-19(24(20)27)22-12-8-17(32-22)10-13-23(31)29-25(34)28-16-6-4-15(5-7-16)21-11-9-18(14-30)33-21/h1-13,30H,14H2,(H2,28,29,31,34). The summed E-state index contributed by atoms with van der Waals surface area (Å²) in [4.78, 5) is 12.2. The molecule has 0 aliphatic heterocycles. The highest BCUT2D eigenvalue weighted by atomic mass is 35.5. The van der Waals surface area contributed by atoms with Gasteiger partial charge in [-0.1, -0.05) is 29.3 Å². The van der Waals surface area contributed by atoms with E-state index in [-0.39, 0.29) is 11.7 Å². The Bertz CT molecular complexity index is 1360. The second-order valence-corrected chi connectivity index (χ2v) is 8.27. The first-order valence-corrected chi connectivity index (χ1v) is 11.2. The van der Waals surface area contributed by atoms with Gasteiger partial charge < -0.3 is 19.3 Å². The van der Waals surface area contributed by atoms with Crippen molar-refractivity contribution in [2.45, 2.75) is 6.61 Å². The number of anilines is 1. The Hall–Kier alpha value is -3.36. The molecule has 0 unspecified atom stereocenters. The predicted molar refractivity (Wildman–Crippen MR) is 138 cm³/mol. The SMILES string of the molecule is O=C(C=Cc1ccc(-c2cccc(Cl)c2Cl)o1)NC(=S)Nc1ccc(-c2ccc(CO)o2)cc1. The summed E-state index contributed by atoms with van der Waals surface area (Å²) < 4.78 is 11.2. The summed E-state index contributed by atoms with van der Waals surface area (Å²) >= 11 is 17.5. The fraction of sp³-hybridized carbons (Fsp3) is 0.0400. The maximum Gasteiger partial charge on any atom is 0.250 e. The quantitative estimate of drug-likeness (QED) is 0.201. The van der Waals surface area contributed by atoms with Crippen molar-refractivity contribution in [3.05, 3.63) is 94.4 Å². The first kappa shape index (κ1) is 23.8. The monoisotopic (exact) mass is 512 g/mol. The number of thiocarbonyl (C=S) groups is 1. The van der Waals surface area contributed by atoms with Crippen molar-refractivity contribution in [2.24, 2.45) is 0 Å². The molecule has 0 radical (unpaired) electrons. The van der Waals surface area contributed by atoms with Gasteiger partial charge in [0.1, 0.15) is 29.6 Å². The van der Waals surface area contributed by atoms with E-state index in [0.717, 1.165) is 5.56 Å². The highest BCUT2D eigenvalue weighted by Gasteiger charge is 2.11. The number of nitrogens with one attached hydrogen (secondary N) is 2. The average Bonchev–Trinajstić information content (AvgIpc) is 3.50. The molecule has 0 atom stereocenters. The second-order valence-electron chi connectivity index (χ2n) is 7.08. The molecule has 9 heteroatoms. The van der Waals surface area contributed by atoms with Gasteiger partial charge in [0, 0.05) is 22.9 Å². The van der Waals surface area contributed by atoms with Gasteiger partial charge in [-0.05, 0) is 79.0 Å². The van der Waals surface area contributed by atoms with Crippen molar-refractivity contribution in [3.63, 3.8) is 0 Å². The maximum atomic E-state index is 12.2. The molecule has 0 saturated carbocycles. The minimum Gasteiger partial charge on any atom is -0.459 e. The van der Waals surface area contributed by atoms with Crippen LogP contribution in [0.1, 0.15) is 11.5 Å². The fourth-order valence-electron chi connectivity index (χ4n) is 3.09. The summed E-state index contributed by atoms with van der Waals surface area (Å²) in [6.45, 7) is -0.153. The van der Waals surface area contributed by atoms with Gasteiger partial charge in [0.05, 0.1) is 10.0 Å². The molecule has 0 bridgehead atoms. The number of carbonyl (C=O) groups is 1. The third kappa shape index (κ3) is 5.76. The highest BCUT2D eigenvalue weighted by molar-refractivity contribution is 7.80. The van der Waals surface area contributed by atoms with Gasteiger partial charge in [0.2, 0.25) is 5.91 Å². The van der Waals surface area contributed by atoms with E-state index >= 15 is 0 Å². The zero-order valence-electron chi connectivity index (χ0n) is 17.5. The smallest absolute Gasteiger partial charge is 0.250 e. The Balaban J connectivity index is 1.32. The largest absolute Gasteiger partial charge is 0.459 e. The zero-order valence-corrected chi connectivity index (χ0v) is 19.9. The van der Waals surface area contributed by atoms with E-state index in [9.17, 15) is 4.79 Å². The molecule has 0 saturated heterocycles. The third-order valence-electron chi connectivity index (χ3n) is 4.72. The summed E-state index contributed by atoms with van der Waals surface area (Å²) in [6, 6.07) is 19.5. The number of rotatable bonds is 6. The lowest BCUT2D eigenvalue weighted by molar-refractivity contribution is -0.115. The average molecular weight is 513 g/mol. The van der Waals surface area contributed by atoms with E-state index in [1.54, 1.807) is 54.6 Å². The summed E-state index contributed by atoms with van der Waals surface area (Å²) in [5, 5.41) is 15.6. The molecule has 2 aromatic carbocycles. The maximum absolute atomic E-state index is 12.2. The number of aliphatic hydroxyl groups excluding tert-OH is 1. The van der Waals surface area contributed by atoms with E-state index in [4.69, 9.17) is 49.4 Å². The van der Waals surface area contributed by atoms with E-state index in [0.29, 0.717) is 44.3 Å². The molecule has 0 fully saturated rings. The van der Waals surface area contributed by atoms with Crippen LogP contribution >= 0.6 is 35.4 Å². The van der Waals surface area contributed by atoms with Crippen LogP contribution in [0.5, 0.6) is 0 Å². The summed E-state index contributed by atoms with van der Waals surface area (Å²) in [6.07, 6.45) is 2.84. The molecule has 4 aromatic rings. The van der Waals surface area contributed by atoms with Crippen LogP contribution in [0.25, 0.3) is 28.7 Å². The van der Waals surface area contributed by atoms with Gasteiger partial charge in [-0.15, -0.1) is 0 Å². The van der Waals surface area contributed by atoms with Crippen LogP contribution in [0.15, 0.2) is 81.6 Å². The van der Waals surface area contributed by atoms with Crippen LogP contribution in [0.3, 0.4) is 0 Å². The summed E-state index contributed by atoms with van der Waals surface area (Å²) in [5.74, 6) is 1.73. The molecule has 0 spiro atoms. The van der Waals surface area contributed by atoms with E-state index in [2.05, 4.69) is 10.6 Å². The molecule has 1 amide bonds. The fourth-order valence-corrected chi connectivity index (χ4v) is 3.70. The molecule has 2 heterocycles.